The van der Waals surface area contributed by atoms with Crippen molar-refractivity contribution in [3.05, 3.63) is 25.4 Å². The highest BCUT2D eigenvalue weighted by Gasteiger charge is 2.07. The molecule has 0 aromatic carbocycles. The largest absolute Gasteiger partial charge is 0.334 e. The Morgan fingerprint density at radius 1 is 1.50 bits per heavy atom. The first kappa shape index (κ1) is 7.06. The van der Waals surface area contributed by atoms with Gasteiger partial charge in [-0.1, -0.05) is 13.2 Å². The number of rotatable bonds is 2. The zero-order chi connectivity index (χ0) is 7.40. The summed E-state index contributed by atoms with van der Waals surface area (Å²) in [7, 11) is 0. The maximum Gasteiger partial charge on any atom is 0.126 e. The van der Waals surface area contributed by atoms with Crippen molar-refractivity contribution in [2.75, 3.05) is 13.1 Å². The van der Waals surface area contributed by atoms with Gasteiger partial charge in [-0.2, -0.15) is 0 Å². The molecule has 0 spiro atoms. The molecule has 0 aromatic rings. The quantitative estimate of drug-likeness (QED) is 0.560. The van der Waals surface area contributed by atoms with Gasteiger partial charge in [0.25, 0.3) is 0 Å². The Bertz CT molecular complexity index is 170. The van der Waals surface area contributed by atoms with Crippen LogP contribution in [-0.4, -0.2) is 23.8 Å². The molecule has 10 heavy (non-hydrogen) atoms. The van der Waals surface area contributed by atoms with E-state index in [1.54, 1.807) is 12.3 Å². The summed E-state index contributed by atoms with van der Waals surface area (Å²) in [6, 6.07) is 0. The molecule has 0 atom stereocenters. The van der Waals surface area contributed by atoms with Crippen LogP contribution in [0.4, 0.5) is 0 Å². The molecule has 54 valence electrons. The van der Waals surface area contributed by atoms with Crippen LogP contribution in [0.2, 0.25) is 0 Å². The number of aliphatic imine (C=N–C) groups is 1. The lowest BCUT2D eigenvalue weighted by Gasteiger charge is -2.23. The third-order valence-corrected chi connectivity index (χ3v) is 1.53. The van der Waals surface area contributed by atoms with Crippen LogP contribution in [0.15, 0.2) is 30.4 Å². The molecule has 0 N–H and O–H groups in total. The standard InChI is InChI=1S/C8H12N2/c1-3-8-9-6-5-7-10(8)4-2/h3-4H,1-2,5-7H2. The Morgan fingerprint density at radius 3 is 2.80 bits per heavy atom. The van der Waals surface area contributed by atoms with Crippen molar-refractivity contribution >= 4 is 5.84 Å². The smallest absolute Gasteiger partial charge is 0.126 e. The van der Waals surface area contributed by atoms with Gasteiger partial charge in [0.15, 0.2) is 0 Å². The van der Waals surface area contributed by atoms with Gasteiger partial charge in [-0.05, 0) is 18.7 Å². The van der Waals surface area contributed by atoms with E-state index < -0.39 is 0 Å². The molecule has 1 heterocycles. The summed E-state index contributed by atoms with van der Waals surface area (Å²) in [5.41, 5.74) is 0. The number of nitrogens with zero attached hydrogens (tertiary/aromatic N) is 2. The van der Waals surface area contributed by atoms with E-state index in [0.29, 0.717) is 0 Å². The van der Waals surface area contributed by atoms with Crippen molar-refractivity contribution in [1.29, 1.82) is 0 Å². The van der Waals surface area contributed by atoms with Crippen molar-refractivity contribution in [1.82, 2.24) is 4.90 Å². The first-order valence-corrected chi connectivity index (χ1v) is 3.44. The molecule has 2 nitrogen and oxygen atoms in total. The lowest BCUT2D eigenvalue weighted by atomic mass is 10.3. The minimum atomic E-state index is 0.922. The predicted octanol–water partition coefficient (Wildman–Crippen LogP) is 1.42. The molecule has 1 aliphatic heterocycles. The highest BCUT2D eigenvalue weighted by Crippen LogP contribution is 2.02. The van der Waals surface area contributed by atoms with Gasteiger partial charge in [0, 0.05) is 13.1 Å². The maximum atomic E-state index is 4.25. The van der Waals surface area contributed by atoms with E-state index in [9.17, 15) is 0 Å². The zero-order valence-corrected chi connectivity index (χ0v) is 6.08. The van der Waals surface area contributed by atoms with Crippen LogP contribution in [0.1, 0.15) is 6.42 Å². The van der Waals surface area contributed by atoms with Crippen LogP contribution in [-0.2, 0) is 0 Å². The highest BCUT2D eigenvalue weighted by molar-refractivity contribution is 5.93. The average Bonchev–Trinajstić information content (AvgIpc) is 2.04. The molecule has 0 saturated carbocycles. The summed E-state index contributed by atoms with van der Waals surface area (Å²) in [5, 5.41) is 0. The van der Waals surface area contributed by atoms with Crippen LogP contribution < -0.4 is 0 Å². The fraction of sp³-hybridized carbons (Fsp3) is 0.375. The summed E-state index contributed by atoms with van der Waals surface area (Å²) in [6.07, 6.45) is 4.67. The van der Waals surface area contributed by atoms with Crippen molar-refractivity contribution in [3.8, 4) is 0 Å². The van der Waals surface area contributed by atoms with Crippen LogP contribution in [0.5, 0.6) is 0 Å². The van der Waals surface area contributed by atoms with E-state index in [0.717, 1.165) is 25.3 Å². The zero-order valence-electron chi connectivity index (χ0n) is 6.08. The number of amidine groups is 1. The first-order valence-electron chi connectivity index (χ1n) is 3.44. The van der Waals surface area contributed by atoms with E-state index in [1.165, 1.54) is 0 Å². The van der Waals surface area contributed by atoms with Crippen molar-refractivity contribution in [2.45, 2.75) is 6.42 Å². The second-order valence-electron chi connectivity index (χ2n) is 2.17. The Kier molecular flexibility index (Phi) is 2.26. The van der Waals surface area contributed by atoms with Gasteiger partial charge in [0.05, 0.1) is 0 Å². The molecule has 0 amide bonds. The third kappa shape index (κ3) is 1.26. The van der Waals surface area contributed by atoms with Gasteiger partial charge in [0.1, 0.15) is 5.84 Å². The third-order valence-electron chi connectivity index (χ3n) is 1.53. The molecule has 1 rings (SSSR count). The SMILES string of the molecule is C=CC1=NCCCN1C=C. The van der Waals surface area contributed by atoms with Gasteiger partial charge in [0.2, 0.25) is 0 Å². The summed E-state index contributed by atoms with van der Waals surface area (Å²) in [4.78, 5) is 6.26. The van der Waals surface area contributed by atoms with Crippen LogP contribution in [0.25, 0.3) is 0 Å². The van der Waals surface area contributed by atoms with Gasteiger partial charge in [-0.3, -0.25) is 4.99 Å². The van der Waals surface area contributed by atoms with Gasteiger partial charge < -0.3 is 4.90 Å². The van der Waals surface area contributed by atoms with Crippen molar-refractivity contribution in [3.63, 3.8) is 0 Å². The van der Waals surface area contributed by atoms with Crippen LogP contribution in [0.3, 0.4) is 0 Å². The molecular weight excluding hydrogens is 124 g/mol. The van der Waals surface area contributed by atoms with E-state index in [4.69, 9.17) is 0 Å². The normalized spacial score (nSPS) is 18.0. The number of hydrogen-bond acceptors (Lipinski definition) is 2. The molecule has 1 aliphatic rings. The molecule has 0 bridgehead atoms. The lowest BCUT2D eigenvalue weighted by Crippen LogP contribution is -2.29. The van der Waals surface area contributed by atoms with E-state index >= 15 is 0 Å². The Hall–Kier alpha value is -1.05. The van der Waals surface area contributed by atoms with Crippen molar-refractivity contribution < 1.29 is 0 Å². The summed E-state index contributed by atoms with van der Waals surface area (Å²) >= 11 is 0. The predicted molar refractivity (Wildman–Crippen MR) is 44.0 cm³/mol. The minimum absolute atomic E-state index is 0.922. The van der Waals surface area contributed by atoms with E-state index in [-0.39, 0.29) is 0 Å². The molecular formula is C8H12N2. The fourth-order valence-electron chi connectivity index (χ4n) is 1.01. The molecule has 0 fully saturated rings. The molecule has 0 aliphatic carbocycles. The summed E-state index contributed by atoms with van der Waals surface area (Å²) < 4.78 is 0. The molecule has 0 unspecified atom stereocenters. The Balaban J connectivity index is 2.71. The Morgan fingerprint density at radius 2 is 2.30 bits per heavy atom. The highest BCUT2D eigenvalue weighted by atomic mass is 15.2. The Labute approximate surface area is 61.6 Å². The lowest BCUT2D eigenvalue weighted by molar-refractivity contribution is 0.513. The van der Waals surface area contributed by atoms with Gasteiger partial charge >= 0.3 is 0 Å². The fourth-order valence-corrected chi connectivity index (χ4v) is 1.01. The van der Waals surface area contributed by atoms with Gasteiger partial charge in [-0.15, -0.1) is 0 Å². The summed E-state index contributed by atoms with van der Waals surface area (Å²) in [6.45, 7) is 9.29. The molecule has 0 saturated heterocycles. The number of hydrogen-bond donors (Lipinski definition) is 0. The monoisotopic (exact) mass is 136 g/mol. The van der Waals surface area contributed by atoms with E-state index in [1.807, 2.05) is 4.90 Å². The van der Waals surface area contributed by atoms with Crippen molar-refractivity contribution in [2.24, 2.45) is 4.99 Å². The molecule has 2 heteroatoms. The maximum absolute atomic E-state index is 4.25. The molecule has 0 radical (unpaired) electrons. The second kappa shape index (κ2) is 3.20. The van der Waals surface area contributed by atoms with Gasteiger partial charge in [-0.25, -0.2) is 0 Å². The van der Waals surface area contributed by atoms with Crippen LogP contribution >= 0.6 is 0 Å². The van der Waals surface area contributed by atoms with Crippen LogP contribution in [0, 0.1) is 0 Å². The topological polar surface area (TPSA) is 15.6 Å². The average molecular weight is 136 g/mol. The second-order valence-corrected chi connectivity index (χ2v) is 2.17. The van der Waals surface area contributed by atoms with E-state index in [2.05, 4.69) is 18.2 Å². The first-order chi connectivity index (χ1) is 4.88. The minimum Gasteiger partial charge on any atom is -0.334 e. The molecule has 0 aromatic heterocycles. The summed E-state index contributed by atoms with van der Waals surface area (Å²) in [5.74, 6) is 0.946.